The Balaban J connectivity index is 1.84. The highest BCUT2D eigenvalue weighted by Crippen LogP contribution is 2.31. The molecule has 3 rings (SSSR count). The van der Waals surface area contributed by atoms with E-state index in [9.17, 15) is 4.79 Å². The second-order valence-corrected chi connectivity index (χ2v) is 6.20. The van der Waals surface area contributed by atoms with Crippen molar-refractivity contribution in [3.63, 3.8) is 0 Å². The van der Waals surface area contributed by atoms with Crippen molar-refractivity contribution in [3.8, 4) is 5.75 Å². The average Bonchev–Trinajstić information content (AvgIpc) is 2.74. The molecule has 0 unspecified atom stereocenters. The SMILES string of the molecule is CCOCCCNC(=O)c1cnc(Nc2ccccc2OC)c2ccccc12. The molecule has 0 spiro atoms. The number of hydrogen-bond donors (Lipinski definition) is 2. The smallest absolute Gasteiger partial charge is 0.253 e. The summed E-state index contributed by atoms with van der Waals surface area (Å²) < 4.78 is 10.7. The predicted molar refractivity (Wildman–Crippen MR) is 111 cm³/mol. The number of amides is 1. The Labute approximate surface area is 164 Å². The van der Waals surface area contributed by atoms with E-state index in [1.807, 2.05) is 55.5 Å². The summed E-state index contributed by atoms with van der Waals surface area (Å²) in [6.07, 6.45) is 2.39. The average molecular weight is 379 g/mol. The first-order chi connectivity index (χ1) is 13.7. The first-order valence-electron chi connectivity index (χ1n) is 9.38. The minimum absolute atomic E-state index is 0.135. The standard InChI is InChI=1S/C22H25N3O3/c1-3-28-14-8-13-23-22(26)18-15-24-21(17-10-5-4-9-16(17)18)25-19-11-6-7-12-20(19)27-2/h4-7,9-12,15H,3,8,13-14H2,1-2H3,(H,23,26)(H,24,25). The van der Waals surface area contributed by atoms with Gasteiger partial charge in [-0.15, -0.1) is 0 Å². The molecule has 0 saturated carbocycles. The largest absolute Gasteiger partial charge is 0.495 e. The summed E-state index contributed by atoms with van der Waals surface area (Å²) in [6.45, 7) is 3.84. The monoisotopic (exact) mass is 379 g/mol. The van der Waals surface area contributed by atoms with Crippen LogP contribution >= 0.6 is 0 Å². The number of methoxy groups -OCH3 is 1. The molecule has 146 valence electrons. The number of aromatic nitrogens is 1. The van der Waals surface area contributed by atoms with Crippen LogP contribution in [0.5, 0.6) is 5.75 Å². The Bertz CT molecular complexity index is 943. The topological polar surface area (TPSA) is 72.5 Å². The van der Waals surface area contributed by atoms with Crippen LogP contribution in [-0.2, 0) is 4.74 Å². The van der Waals surface area contributed by atoms with Gasteiger partial charge in [-0.05, 0) is 30.9 Å². The highest BCUT2D eigenvalue weighted by Gasteiger charge is 2.14. The van der Waals surface area contributed by atoms with Crippen LogP contribution < -0.4 is 15.4 Å². The maximum absolute atomic E-state index is 12.6. The molecule has 1 heterocycles. The number of fused-ring (bicyclic) bond motifs is 1. The van der Waals surface area contributed by atoms with Gasteiger partial charge in [0, 0.05) is 31.3 Å². The minimum atomic E-state index is -0.135. The zero-order valence-corrected chi connectivity index (χ0v) is 16.2. The number of pyridine rings is 1. The van der Waals surface area contributed by atoms with Crippen molar-refractivity contribution in [2.24, 2.45) is 0 Å². The molecule has 0 bridgehead atoms. The summed E-state index contributed by atoms with van der Waals surface area (Å²) >= 11 is 0. The van der Waals surface area contributed by atoms with E-state index in [0.29, 0.717) is 31.1 Å². The lowest BCUT2D eigenvalue weighted by molar-refractivity contribution is 0.0945. The normalized spacial score (nSPS) is 10.6. The molecule has 0 fully saturated rings. The molecule has 1 amide bonds. The molecule has 2 aromatic carbocycles. The van der Waals surface area contributed by atoms with Gasteiger partial charge in [0.1, 0.15) is 11.6 Å². The zero-order valence-electron chi connectivity index (χ0n) is 16.2. The lowest BCUT2D eigenvalue weighted by Crippen LogP contribution is -2.25. The first kappa shape index (κ1) is 19.6. The molecule has 0 aliphatic heterocycles. The molecule has 1 aromatic heterocycles. The van der Waals surface area contributed by atoms with E-state index in [1.165, 1.54) is 0 Å². The molecule has 0 atom stereocenters. The van der Waals surface area contributed by atoms with Gasteiger partial charge in [0.25, 0.3) is 5.91 Å². The van der Waals surface area contributed by atoms with Crippen molar-refractivity contribution in [1.29, 1.82) is 0 Å². The van der Waals surface area contributed by atoms with E-state index in [2.05, 4.69) is 15.6 Å². The molecule has 6 heteroatoms. The number of benzene rings is 2. The van der Waals surface area contributed by atoms with Gasteiger partial charge in [-0.2, -0.15) is 0 Å². The van der Waals surface area contributed by atoms with Crippen molar-refractivity contribution in [3.05, 3.63) is 60.3 Å². The Kier molecular flexibility index (Phi) is 6.81. The Morgan fingerprint density at radius 2 is 1.82 bits per heavy atom. The van der Waals surface area contributed by atoms with Gasteiger partial charge in [0.15, 0.2) is 0 Å². The third-order valence-electron chi connectivity index (χ3n) is 4.35. The molecular weight excluding hydrogens is 354 g/mol. The van der Waals surface area contributed by atoms with Gasteiger partial charge in [0.05, 0.1) is 18.4 Å². The van der Waals surface area contributed by atoms with Crippen molar-refractivity contribution in [2.75, 3.05) is 32.2 Å². The van der Waals surface area contributed by atoms with Gasteiger partial charge >= 0.3 is 0 Å². The van der Waals surface area contributed by atoms with Crippen LogP contribution in [0.25, 0.3) is 10.8 Å². The predicted octanol–water partition coefficient (Wildman–Crippen LogP) is 4.14. The van der Waals surface area contributed by atoms with Crippen LogP contribution in [0.2, 0.25) is 0 Å². The summed E-state index contributed by atoms with van der Waals surface area (Å²) in [6, 6.07) is 15.4. The number of carbonyl (C=O) groups excluding carboxylic acids is 1. The van der Waals surface area contributed by atoms with Crippen LogP contribution in [0.3, 0.4) is 0 Å². The summed E-state index contributed by atoms with van der Waals surface area (Å²) in [5.74, 6) is 1.27. The highest BCUT2D eigenvalue weighted by molar-refractivity contribution is 6.09. The van der Waals surface area contributed by atoms with Gasteiger partial charge in [-0.25, -0.2) is 4.98 Å². The number of hydrogen-bond acceptors (Lipinski definition) is 5. The molecule has 0 aliphatic carbocycles. The summed E-state index contributed by atoms with van der Waals surface area (Å²) in [7, 11) is 1.63. The molecule has 0 radical (unpaired) electrons. The van der Waals surface area contributed by atoms with Gasteiger partial charge < -0.3 is 20.1 Å². The summed E-state index contributed by atoms with van der Waals surface area (Å²) in [5.41, 5.74) is 1.37. The van der Waals surface area contributed by atoms with Crippen LogP contribution in [-0.4, -0.2) is 37.8 Å². The van der Waals surface area contributed by atoms with Gasteiger partial charge in [0.2, 0.25) is 0 Å². The third-order valence-corrected chi connectivity index (χ3v) is 4.35. The fourth-order valence-corrected chi connectivity index (χ4v) is 2.96. The number of anilines is 2. The second kappa shape index (κ2) is 9.71. The van der Waals surface area contributed by atoms with E-state index in [4.69, 9.17) is 9.47 Å². The Morgan fingerprint density at radius 3 is 2.61 bits per heavy atom. The molecule has 28 heavy (non-hydrogen) atoms. The van der Waals surface area contributed by atoms with Crippen LogP contribution in [0.1, 0.15) is 23.7 Å². The Morgan fingerprint density at radius 1 is 1.07 bits per heavy atom. The molecular formula is C22H25N3O3. The van der Waals surface area contributed by atoms with Crippen LogP contribution in [0.4, 0.5) is 11.5 Å². The van der Waals surface area contributed by atoms with E-state index in [0.717, 1.165) is 28.6 Å². The fraction of sp³-hybridized carbons (Fsp3) is 0.273. The van der Waals surface area contributed by atoms with Gasteiger partial charge in [-0.3, -0.25) is 4.79 Å². The summed E-state index contributed by atoms with van der Waals surface area (Å²) in [5, 5.41) is 7.97. The number of nitrogens with zero attached hydrogens (tertiary/aromatic N) is 1. The molecule has 3 aromatic rings. The third kappa shape index (κ3) is 4.58. The van der Waals surface area contributed by atoms with E-state index >= 15 is 0 Å². The molecule has 0 saturated heterocycles. The second-order valence-electron chi connectivity index (χ2n) is 6.20. The number of carbonyl (C=O) groups is 1. The summed E-state index contributed by atoms with van der Waals surface area (Å²) in [4.78, 5) is 17.1. The Hall–Kier alpha value is -3.12. The zero-order chi connectivity index (χ0) is 19.8. The first-order valence-corrected chi connectivity index (χ1v) is 9.38. The van der Waals surface area contributed by atoms with Crippen molar-refractivity contribution in [1.82, 2.24) is 10.3 Å². The van der Waals surface area contributed by atoms with Crippen molar-refractivity contribution in [2.45, 2.75) is 13.3 Å². The minimum Gasteiger partial charge on any atom is -0.495 e. The quantitative estimate of drug-likeness (QED) is 0.547. The maximum Gasteiger partial charge on any atom is 0.253 e. The van der Waals surface area contributed by atoms with E-state index in [-0.39, 0.29) is 5.91 Å². The maximum atomic E-state index is 12.6. The lowest BCUT2D eigenvalue weighted by atomic mass is 10.1. The highest BCUT2D eigenvalue weighted by atomic mass is 16.5. The van der Waals surface area contributed by atoms with Crippen molar-refractivity contribution >= 4 is 28.2 Å². The van der Waals surface area contributed by atoms with E-state index < -0.39 is 0 Å². The lowest BCUT2D eigenvalue weighted by Gasteiger charge is -2.14. The van der Waals surface area contributed by atoms with Crippen LogP contribution in [0.15, 0.2) is 54.7 Å². The molecule has 6 nitrogen and oxygen atoms in total. The number of rotatable bonds is 9. The molecule has 2 N–H and O–H groups in total. The number of para-hydroxylation sites is 2. The van der Waals surface area contributed by atoms with E-state index in [1.54, 1.807) is 13.3 Å². The fourth-order valence-electron chi connectivity index (χ4n) is 2.96. The number of ether oxygens (including phenoxy) is 2. The number of nitrogens with one attached hydrogen (secondary N) is 2. The van der Waals surface area contributed by atoms with Crippen LogP contribution in [0, 0.1) is 0 Å². The van der Waals surface area contributed by atoms with Crippen molar-refractivity contribution < 1.29 is 14.3 Å². The molecule has 0 aliphatic rings. The van der Waals surface area contributed by atoms with Gasteiger partial charge in [-0.1, -0.05) is 36.4 Å².